The molecule has 5 rings (SSSR count). The van der Waals surface area contributed by atoms with E-state index in [9.17, 15) is 9.59 Å². The molecule has 1 aliphatic heterocycles. The molecule has 0 saturated heterocycles. The minimum Gasteiger partial charge on any atom is -0.493 e. The van der Waals surface area contributed by atoms with Crippen molar-refractivity contribution in [2.45, 2.75) is 33.0 Å². The predicted octanol–water partition coefficient (Wildman–Crippen LogP) is 5.90. The minimum atomic E-state index is -0.824. The molecule has 2 aliphatic rings. The second kappa shape index (κ2) is 11.7. The highest BCUT2D eigenvalue weighted by Crippen LogP contribution is 2.60. The fourth-order valence-electron chi connectivity index (χ4n) is 5.76. The van der Waals surface area contributed by atoms with Crippen molar-refractivity contribution in [2.24, 2.45) is 11.8 Å². The van der Waals surface area contributed by atoms with Crippen LogP contribution in [0.4, 0.5) is 0 Å². The van der Waals surface area contributed by atoms with E-state index in [0.717, 1.165) is 0 Å². The molecule has 3 aromatic rings. The second-order valence-electron chi connectivity index (χ2n) is 10.2. The Kier molecular flexibility index (Phi) is 8.06. The number of rotatable bonds is 7. The molecule has 0 aromatic heterocycles. The first-order valence-corrected chi connectivity index (χ1v) is 13.5. The first-order valence-electron chi connectivity index (χ1n) is 13.5. The fourth-order valence-corrected chi connectivity index (χ4v) is 5.76. The molecule has 10 heteroatoms. The SMILES string of the molecule is COc1cc2c(c(OC)c1OC)-c1c(cc3c(c1OC)OCO3)C(OC(=O)c1ccccc1)C(C)C(C)C2OC(C)=O. The summed E-state index contributed by atoms with van der Waals surface area (Å²) < 4.78 is 47.3. The molecule has 1 aliphatic carbocycles. The molecule has 0 spiro atoms. The smallest absolute Gasteiger partial charge is 0.338 e. The largest absolute Gasteiger partial charge is 0.493 e. The lowest BCUT2D eigenvalue weighted by molar-refractivity contribution is -0.151. The molecule has 0 saturated carbocycles. The zero-order valence-electron chi connectivity index (χ0n) is 24.6. The maximum Gasteiger partial charge on any atom is 0.338 e. The van der Waals surface area contributed by atoms with Gasteiger partial charge in [0.05, 0.1) is 34.0 Å². The highest BCUT2D eigenvalue weighted by Gasteiger charge is 2.44. The van der Waals surface area contributed by atoms with E-state index in [0.29, 0.717) is 62.3 Å². The summed E-state index contributed by atoms with van der Waals surface area (Å²) in [6.45, 7) is 5.24. The molecule has 3 aromatic carbocycles. The van der Waals surface area contributed by atoms with Crippen molar-refractivity contribution < 1.29 is 47.5 Å². The van der Waals surface area contributed by atoms with E-state index in [4.69, 9.17) is 37.9 Å². The van der Waals surface area contributed by atoms with E-state index < -0.39 is 24.1 Å². The normalized spacial score (nSPS) is 20.3. The van der Waals surface area contributed by atoms with Gasteiger partial charge in [0.1, 0.15) is 12.2 Å². The maximum absolute atomic E-state index is 13.5. The van der Waals surface area contributed by atoms with Gasteiger partial charge in [-0.15, -0.1) is 0 Å². The molecule has 42 heavy (non-hydrogen) atoms. The number of carbonyl (C=O) groups is 2. The lowest BCUT2D eigenvalue weighted by atomic mass is 9.74. The third-order valence-corrected chi connectivity index (χ3v) is 7.90. The van der Waals surface area contributed by atoms with E-state index in [1.54, 1.807) is 36.4 Å². The highest BCUT2D eigenvalue weighted by atomic mass is 16.7. The Morgan fingerprint density at radius 3 is 1.93 bits per heavy atom. The van der Waals surface area contributed by atoms with Crippen LogP contribution in [0.25, 0.3) is 11.1 Å². The van der Waals surface area contributed by atoms with Gasteiger partial charge in [-0.05, 0) is 24.3 Å². The van der Waals surface area contributed by atoms with E-state index in [1.165, 1.54) is 35.4 Å². The van der Waals surface area contributed by atoms with Gasteiger partial charge in [0.2, 0.25) is 18.3 Å². The number of hydrogen-bond acceptors (Lipinski definition) is 10. The van der Waals surface area contributed by atoms with Crippen molar-refractivity contribution in [2.75, 3.05) is 35.2 Å². The van der Waals surface area contributed by atoms with Crippen molar-refractivity contribution in [1.29, 1.82) is 0 Å². The Balaban J connectivity index is 1.89. The summed E-state index contributed by atoms with van der Waals surface area (Å²) in [7, 11) is 6.05. The van der Waals surface area contributed by atoms with Crippen LogP contribution in [-0.2, 0) is 14.3 Å². The fraction of sp³-hybridized carbons (Fsp3) is 0.375. The molecule has 4 unspecified atom stereocenters. The third kappa shape index (κ3) is 4.80. The number of methoxy groups -OCH3 is 4. The zero-order valence-corrected chi connectivity index (χ0v) is 24.6. The summed E-state index contributed by atoms with van der Waals surface area (Å²) in [5, 5.41) is 0. The van der Waals surface area contributed by atoms with Crippen LogP contribution >= 0.6 is 0 Å². The molecular formula is C32H34O10. The van der Waals surface area contributed by atoms with E-state index >= 15 is 0 Å². The Morgan fingerprint density at radius 2 is 1.33 bits per heavy atom. The molecule has 10 nitrogen and oxygen atoms in total. The van der Waals surface area contributed by atoms with E-state index in [2.05, 4.69) is 0 Å². The van der Waals surface area contributed by atoms with Crippen LogP contribution in [-0.4, -0.2) is 47.2 Å². The van der Waals surface area contributed by atoms with Crippen LogP contribution in [0.3, 0.4) is 0 Å². The summed E-state index contributed by atoms with van der Waals surface area (Å²) in [4.78, 5) is 26.0. The van der Waals surface area contributed by atoms with Gasteiger partial charge in [0.15, 0.2) is 23.0 Å². The summed E-state index contributed by atoms with van der Waals surface area (Å²) in [5.74, 6) is 0.507. The van der Waals surface area contributed by atoms with Crippen LogP contribution in [0.5, 0.6) is 34.5 Å². The molecule has 4 atom stereocenters. The van der Waals surface area contributed by atoms with Crippen molar-refractivity contribution in [3.63, 3.8) is 0 Å². The van der Waals surface area contributed by atoms with E-state index in [-0.39, 0.29) is 18.6 Å². The Morgan fingerprint density at radius 1 is 0.738 bits per heavy atom. The van der Waals surface area contributed by atoms with Crippen LogP contribution in [0.2, 0.25) is 0 Å². The number of ether oxygens (including phenoxy) is 8. The molecule has 0 amide bonds. The quantitative estimate of drug-likeness (QED) is 0.314. The van der Waals surface area contributed by atoms with Gasteiger partial charge in [-0.1, -0.05) is 32.0 Å². The summed E-state index contributed by atoms with van der Waals surface area (Å²) in [5.41, 5.74) is 2.65. The summed E-state index contributed by atoms with van der Waals surface area (Å²) in [6, 6.07) is 12.3. The van der Waals surface area contributed by atoms with E-state index in [1.807, 2.05) is 19.9 Å². The zero-order chi connectivity index (χ0) is 30.1. The molecule has 0 radical (unpaired) electrons. The molecular weight excluding hydrogens is 544 g/mol. The summed E-state index contributed by atoms with van der Waals surface area (Å²) in [6.07, 6.45) is -1.61. The Hall–Kier alpha value is -4.60. The van der Waals surface area contributed by atoms with Crippen molar-refractivity contribution >= 4 is 11.9 Å². The molecule has 222 valence electrons. The second-order valence-corrected chi connectivity index (χ2v) is 10.2. The Labute approximate surface area is 244 Å². The molecule has 1 heterocycles. The monoisotopic (exact) mass is 578 g/mol. The number of fused-ring (bicyclic) bond motifs is 4. The van der Waals surface area contributed by atoms with Gasteiger partial charge >= 0.3 is 11.9 Å². The number of esters is 2. The molecule has 0 fully saturated rings. The maximum atomic E-state index is 13.5. The topological polar surface area (TPSA) is 108 Å². The van der Waals surface area contributed by atoms with Gasteiger partial charge in [-0.2, -0.15) is 0 Å². The van der Waals surface area contributed by atoms with Crippen molar-refractivity contribution in [3.8, 4) is 45.6 Å². The summed E-state index contributed by atoms with van der Waals surface area (Å²) >= 11 is 0. The average molecular weight is 579 g/mol. The highest BCUT2D eigenvalue weighted by molar-refractivity contribution is 5.91. The lowest BCUT2D eigenvalue weighted by Gasteiger charge is -2.38. The van der Waals surface area contributed by atoms with Crippen LogP contribution < -0.4 is 28.4 Å². The van der Waals surface area contributed by atoms with Gasteiger partial charge in [0.25, 0.3) is 0 Å². The van der Waals surface area contributed by atoms with Crippen molar-refractivity contribution in [3.05, 3.63) is 59.2 Å². The van der Waals surface area contributed by atoms with Gasteiger partial charge in [0, 0.05) is 41.0 Å². The van der Waals surface area contributed by atoms with Gasteiger partial charge < -0.3 is 37.9 Å². The molecule has 0 bridgehead atoms. The van der Waals surface area contributed by atoms with Crippen molar-refractivity contribution in [1.82, 2.24) is 0 Å². The average Bonchev–Trinajstić information content (AvgIpc) is 3.48. The first-order chi connectivity index (χ1) is 20.2. The standard InChI is InChI=1S/C32H34O10/c1-16-17(2)27(42-32(34)19-11-9-8-10-12-19)21-14-23-29(40-15-39-23)31(38-7)25(21)24-20(26(16)41-18(3)33)13-22(35-4)28(36-5)30(24)37-6/h8-14,16-17,26-27H,15H2,1-7H3. The number of hydrogen-bond donors (Lipinski definition) is 0. The predicted molar refractivity (Wildman–Crippen MR) is 152 cm³/mol. The van der Waals surface area contributed by atoms with Crippen LogP contribution in [0, 0.1) is 11.8 Å². The van der Waals surface area contributed by atoms with Gasteiger partial charge in [-0.25, -0.2) is 4.79 Å². The number of benzene rings is 3. The third-order valence-electron chi connectivity index (χ3n) is 7.90. The van der Waals surface area contributed by atoms with Gasteiger partial charge in [-0.3, -0.25) is 4.79 Å². The molecule has 0 N–H and O–H groups in total. The first kappa shape index (κ1) is 28.9. The van der Waals surface area contributed by atoms with Crippen LogP contribution in [0.15, 0.2) is 42.5 Å². The number of carbonyl (C=O) groups excluding carboxylic acids is 2. The van der Waals surface area contributed by atoms with Crippen LogP contribution in [0.1, 0.15) is 54.5 Å². The minimum absolute atomic E-state index is 0.0129. The lowest BCUT2D eigenvalue weighted by Crippen LogP contribution is -2.31. The Bertz CT molecular complexity index is 1500.